The Bertz CT molecular complexity index is 484. The second kappa shape index (κ2) is 8.68. The lowest BCUT2D eigenvalue weighted by molar-refractivity contribution is 0.224. The maximum Gasteiger partial charge on any atom is 0.191 e. The molecule has 118 valence electrons. The third-order valence-electron chi connectivity index (χ3n) is 3.38. The minimum absolute atomic E-state index is 0. The van der Waals surface area contributed by atoms with Crippen LogP contribution in [0.15, 0.2) is 29.3 Å². The van der Waals surface area contributed by atoms with Crippen LogP contribution in [-0.4, -0.2) is 31.7 Å². The van der Waals surface area contributed by atoms with E-state index in [1.54, 1.807) is 7.05 Å². The topological polar surface area (TPSA) is 45.7 Å². The monoisotopic (exact) mass is 423 g/mol. The summed E-state index contributed by atoms with van der Waals surface area (Å²) in [5.74, 6) is 2.28. The molecule has 1 fully saturated rings. The summed E-state index contributed by atoms with van der Waals surface area (Å²) in [5, 5.41) is 7.28. The molecule has 0 aromatic heterocycles. The zero-order valence-electron chi connectivity index (χ0n) is 12.6. The van der Waals surface area contributed by atoms with E-state index in [1.165, 1.54) is 6.42 Å². The number of hydrogen-bond donors (Lipinski definition) is 2. The first-order valence-electron chi connectivity index (χ1n) is 6.98. The number of nitrogens with zero attached hydrogens (tertiary/aromatic N) is 1. The highest BCUT2D eigenvalue weighted by Gasteiger charge is 2.33. The minimum atomic E-state index is 0. The predicted molar refractivity (Wildman–Crippen MR) is 99.0 cm³/mol. The molecule has 4 nitrogen and oxygen atoms in total. The quantitative estimate of drug-likeness (QED) is 0.434. The Labute approximate surface area is 148 Å². The summed E-state index contributed by atoms with van der Waals surface area (Å²) >= 11 is 6.07. The van der Waals surface area contributed by atoms with Crippen LogP contribution >= 0.6 is 35.6 Å². The molecule has 0 aliphatic heterocycles. The van der Waals surface area contributed by atoms with E-state index >= 15 is 0 Å². The van der Waals surface area contributed by atoms with Crippen LogP contribution in [0.1, 0.15) is 20.3 Å². The molecular formula is C15H23ClIN3O. The number of hydrogen-bond acceptors (Lipinski definition) is 2. The fraction of sp³-hybridized carbons (Fsp3) is 0.533. The normalized spacial score (nSPS) is 22.0. The first-order valence-corrected chi connectivity index (χ1v) is 7.36. The maximum absolute atomic E-state index is 6.07. The lowest BCUT2D eigenvalue weighted by atomic mass is 10.3. The van der Waals surface area contributed by atoms with E-state index in [4.69, 9.17) is 16.3 Å². The van der Waals surface area contributed by atoms with Gasteiger partial charge in [0.05, 0.1) is 11.6 Å². The highest BCUT2D eigenvalue weighted by molar-refractivity contribution is 14.0. The van der Waals surface area contributed by atoms with Crippen molar-refractivity contribution in [1.82, 2.24) is 10.6 Å². The number of aliphatic imine (C=N–C) groups is 1. The van der Waals surface area contributed by atoms with Gasteiger partial charge in [0, 0.05) is 13.1 Å². The van der Waals surface area contributed by atoms with Crippen molar-refractivity contribution in [3.8, 4) is 5.75 Å². The summed E-state index contributed by atoms with van der Waals surface area (Å²) in [4.78, 5) is 4.21. The molecule has 1 saturated carbocycles. The van der Waals surface area contributed by atoms with Crippen LogP contribution in [0.3, 0.4) is 0 Å². The zero-order chi connectivity index (χ0) is 14.5. The number of benzene rings is 1. The summed E-state index contributed by atoms with van der Waals surface area (Å²) in [6, 6.07) is 8.06. The van der Waals surface area contributed by atoms with Crippen LogP contribution in [0.25, 0.3) is 0 Å². The van der Waals surface area contributed by atoms with Gasteiger partial charge in [-0.15, -0.1) is 24.0 Å². The van der Waals surface area contributed by atoms with Gasteiger partial charge in [-0.3, -0.25) is 4.99 Å². The Balaban J connectivity index is 0.00000220. The number of ether oxygens (including phenoxy) is 1. The molecule has 2 N–H and O–H groups in total. The summed E-state index contributed by atoms with van der Waals surface area (Å²) in [5.41, 5.74) is 0. The number of halogens is 2. The van der Waals surface area contributed by atoms with E-state index in [1.807, 2.05) is 31.2 Å². The standard InChI is InChI=1S/C15H22ClN3O.HI/c1-10-8-13(10)19-15(17-3)18-9-11(2)20-14-7-5-4-6-12(14)16;/h4-7,10-11,13H,8-9H2,1-3H3,(H2,17,18,19);1H. The molecular weight excluding hydrogens is 401 g/mol. The number of para-hydroxylation sites is 1. The highest BCUT2D eigenvalue weighted by Crippen LogP contribution is 2.28. The van der Waals surface area contributed by atoms with Crippen molar-refractivity contribution in [2.75, 3.05) is 13.6 Å². The van der Waals surface area contributed by atoms with Crippen molar-refractivity contribution in [2.24, 2.45) is 10.9 Å². The van der Waals surface area contributed by atoms with Gasteiger partial charge in [0.15, 0.2) is 5.96 Å². The average molecular weight is 424 g/mol. The van der Waals surface area contributed by atoms with Gasteiger partial charge in [-0.2, -0.15) is 0 Å². The number of nitrogens with one attached hydrogen (secondary N) is 2. The molecule has 1 aliphatic rings. The van der Waals surface area contributed by atoms with E-state index in [-0.39, 0.29) is 30.1 Å². The fourth-order valence-electron chi connectivity index (χ4n) is 1.93. The molecule has 1 aromatic rings. The Kier molecular flexibility index (Phi) is 7.59. The molecule has 0 spiro atoms. The van der Waals surface area contributed by atoms with Gasteiger partial charge in [-0.1, -0.05) is 30.7 Å². The van der Waals surface area contributed by atoms with Gasteiger partial charge in [0.25, 0.3) is 0 Å². The van der Waals surface area contributed by atoms with Gasteiger partial charge in [0.2, 0.25) is 0 Å². The first kappa shape index (κ1) is 18.4. The molecule has 6 heteroatoms. The van der Waals surface area contributed by atoms with Crippen LogP contribution in [0, 0.1) is 5.92 Å². The van der Waals surface area contributed by atoms with E-state index in [0.717, 1.165) is 11.9 Å². The van der Waals surface area contributed by atoms with Crippen LogP contribution < -0.4 is 15.4 Å². The molecule has 1 aromatic carbocycles. The van der Waals surface area contributed by atoms with Crippen LogP contribution in [0.2, 0.25) is 5.02 Å². The second-order valence-electron chi connectivity index (χ2n) is 5.28. The summed E-state index contributed by atoms with van der Waals surface area (Å²) in [6.07, 6.45) is 1.22. The van der Waals surface area contributed by atoms with E-state index < -0.39 is 0 Å². The molecule has 0 radical (unpaired) electrons. The molecule has 0 saturated heterocycles. The first-order chi connectivity index (χ1) is 9.60. The van der Waals surface area contributed by atoms with Crippen molar-refractivity contribution >= 4 is 41.5 Å². The average Bonchev–Trinajstić information content (AvgIpc) is 3.12. The minimum Gasteiger partial charge on any atom is -0.487 e. The Morgan fingerprint density at radius 1 is 1.48 bits per heavy atom. The molecule has 3 atom stereocenters. The van der Waals surface area contributed by atoms with Gasteiger partial charge >= 0.3 is 0 Å². The van der Waals surface area contributed by atoms with Gasteiger partial charge < -0.3 is 15.4 Å². The molecule has 0 bridgehead atoms. The lowest BCUT2D eigenvalue weighted by Crippen LogP contribution is -2.43. The Hall–Kier alpha value is -0.690. The lowest BCUT2D eigenvalue weighted by Gasteiger charge is -2.18. The van der Waals surface area contributed by atoms with Crippen molar-refractivity contribution in [3.63, 3.8) is 0 Å². The largest absolute Gasteiger partial charge is 0.487 e. The van der Waals surface area contributed by atoms with E-state index in [2.05, 4.69) is 22.5 Å². The smallest absolute Gasteiger partial charge is 0.191 e. The Morgan fingerprint density at radius 3 is 2.71 bits per heavy atom. The van der Waals surface area contributed by atoms with Crippen LogP contribution in [0.5, 0.6) is 5.75 Å². The molecule has 2 rings (SSSR count). The molecule has 1 aliphatic carbocycles. The fourth-order valence-corrected chi connectivity index (χ4v) is 2.11. The third kappa shape index (κ3) is 5.90. The summed E-state index contributed by atoms with van der Waals surface area (Å²) in [6.45, 7) is 4.91. The SMILES string of the molecule is CN=C(NCC(C)Oc1ccccc1Cl)NC1CC1C.I. The maximum atomic E-state index is 6.07. The van der Waals surface area contributed by atoms with Crippen LogP contribution in [0.4, 0.5) is 0 Å². The van der Waals surface area contributed by atoms with E-state index in [0.29, 0.717) is 23.4 Å². The Morgan fingerprint density at radius 2 is 2.14 bits per heavy atom. The van der Waals surface area contributed by atoms with Crippen molar-refractivity contribution in [1.29, 1.82) is 0 Å². The summed E-state index contributed by atoms with van der Waals surface area (Å²) in [7, 11) is 1.78. The second-order valence-corrected chi connectivity index (χ2v) is 5.68. The van der Waals surface area contributed by atoms with E-state index in [9.17, 15) is 0 Å². The van der Waals surface area contributed by atoms with Crippen molar-refractivity contribution in [2.45, 2.75) is 32.4 Å². The molecule has 0 heterocycles. The van der Waals surface area contributed by atoms with Crippen LogP contribution in [-0.2, 0) is 0 Å². The zero-order valence-corrected chi connectivity index (χ0v) is 15.7. The summed E-state index contributed by atoms with van der Waals surface area (Å²) < 4.78 is 5.80. The van der Waals surface area contributed by atoms with Gasteiger partial charge in [-0.05, 0) is 31.4 Å². The molecule has 3 unspecified atom stereocenters. The van der Waals surface area contributed by atoms with Gasteiger partial charge in [0.1, 0.15) is 11.9 Å². The number of guanidine groups is 1. The van der Waals surface area contributed by atoms with Gasteiger partial charge in [-0.25, -0.2) is 0 Å². The highest BCUT2D eigenvalue weighted by atomic mass is 127. The third-order valence-corrected chi connectivity index (χ3v) is 3.69. The van der Waals surface area contributed by atoms with Crippen molar-refractivity contribution in [3.05, 3.63) is 29.3 Å². The molecule has 21 heavy (non-hydrogen) atoms. The van der Waals surface area contributed by atoms with Crippen molar-refractivity contribution < 1.29 is 4.74 Å². The number of rotatable bonds is 5. The molecule has 0 amide bonds. The predicted octanol–water partition coefficient (Wildman–Crippen LogP) is 3.30.